The molecule has 2 unspecified atom stereocenters. The minimum atomic E-state index is 0.372. The van der Waals surface area contributed by atoms with E-state index in [1.54, 1.807) is 0 Å². The lowest BCUT2D eigenvalue weighted by atomic mass is 10.2. The smallest absolute Gasteiger partial charge is 0.0707 e. The van der Waals surface area contributed by atoms with Gasteiger partial charge < -0.3 is 10.1 Å². The molecule has 1 rings (SSSR count). The number of terminal acetylenes is 1. The van der Waals surface area contributed by atoms with Crippen LogP contribution in [0.15, 0.2) is 0 Å². The van der Waals surface area contributed by atoms with Crippen molar-refractivity contribution >= 4 is 0 Å². The summed E-state index contributed by atoms with van der Waals surface area (Å²) in [5.41, 5.74) is 0. The summed E-state index contributed by atoms with van der Waals surface area (Å²) in [6.45, 7) is 9.12. The topological polar surface area (TPSA) is 24.5 Å². The highest BCUT2D eigenvalue weighted by Crippen LogP contribution is 2.19. The van der Waals surface area contributed by atoms with E-state index in [2.05, 4.69) is 30.0 Å². The normalized spacial score (nSPS) is 24.1. The van der Waals surface area contributed by atoms with Crippen molar-refractivity contribution in [1.29, 1.82) is 0 Å². The van der Waals surface area contributed by atoms with Crippen LogP contribution < -0.4 is 5.32 Å². The average molecular weight is 238 g/mol. The van der Waals surface area contributed by atoms with Crippen LogP contribution in [0.25, 0.3) is 0 Å². The fourth-order valence-electron chi connectivity index (χ4n) is 2.23. The lowest BCUT2D eigenvalue weighted by Gasteiger charge is -2.22. The zero-order chi connectivity index (χ0) is 12.5. The first-order valence-electron chi connectivity index (χ1n) is 6.82. The van der Waals surface area contributed by atoms with E-state index in [0.717, 1.165) is 32.7 Å². The second-order valence-corrected chi connectivity index (χ2v) is 4.69. The van der Waals surface area contributed by atoms with Crippen LogP contribution >= 0.6 is 0 Å². The van der Waals surface area contributed by atoms with Crippen molar-refractivity contribution in [1.82, 2.24) is 10.2 Å². The van der Waals surface area contributed by atoms with Gasteiger partial charge in [0.15, 0.2) is 0 Å². The summed E-state index contributed by atoms with van der Waals surface area (Å²) >= 11 is 0. The van der Waals surface area contributed by atoms with Crippen molar-refractivity contribution in [3.63, 3.8) is 0 Å². The Balaban J connectivity index is 2.18. The first-order chi connectivity index (χ1) is 8.30. The monoisotopic (exact) mass is 238 g/mol. The van der Waals surface area contributed by atoms with Crippen LogP contribution in [0.1, 0.15) is 33.1 Å². The Morgan fingerprint density at radius 1 is 1.35 bits per heavy atom. The molecule has 3 heteroatoms. The molecule has 2 atom stereocenters. The van der Waals surface area contributed by atoms with Gasteiger partial charge in [0.1, 0.15) is 0 Å². The molecule has 1 saturated heterocycles. The third-order valence-corrected chi connectivity index (χ3v) is 3.22. The van der Waals surface area contributed by atoms with Crippen LogP contribution in [0, 0.1) is 12.3 Å². The number of nitrogens with one attached hydrogen (secondary N) is 1. The highest BCUT2D eigenvalue weighted by atomic mass is 16.5. The van der Waals surface area contributed by atoms with Gasteiger partial charge in [0.05, 0.1) is 18.8 Å². The Labute approximate surface area is 106 Å². The molecule has 0 bridgehead atoms. The molecular weight excluding hydrogens is 212 g/mol. The lowest BCUT2D eigenvalue weighted by molar-refractivity contribution is 0.0267. The molecule has 0 aliphatic carbocycles. The van der Waals surface area contributed by atoms with Crippen LogP contribution in [0.5, 0.6) is 0 Å². The molecule has 0 aromatic rings. The molecule has 17 heavy (non-hydrogen) atoms. The van der Waals surface area contributed by atoms with Gasteiger partial charge in [-0.3, -0.25) is 4.90 Å². The Morgan fingerprint density at radius 2 is 2.12 bits per heavy atom. The molecule has 0 aromatic heterocycles. The summed E-state index contributed by atoms with van der Waals surface area (Å²) in [6.07, 6.45) is 9.64. The van der Waals surface area contributed by atoms with Crippen LogP contribution in [0.4, 0.5) is 0 Å². The van der Waals surface area contributed by atoms with E-state index in [4.69, 9.17) is 11.2 Å². The molecule has 1 N–H and O–H groups in total. The number of likely N-dealkylation sites (N-methyl/N-ethyl adjacent to an activating group) is 1. The Morgan fingerprint density at radius 3 is 2.76 bits per heavy atom. The minimum Gasteiger partial charge on any atom is -0.372 e. The van der Waals surface area contributed by atoms with Gasteiger partial charge in [-0.1, -0.05) is 19.8 Å². The van der Waals surface area contributed by atoms with E-state index in [9.17, 15) is 0 Å². The molecule has 98 valence electrons. The Bertz CT molecular complexity index is 237. The number of nitrogens with zero attached hydrogens (tertiary/aromatic N) is 1. The summed E-state index contributed by atoms with van der Waals surface area (Å²) in [5, 5.41) is 3.42. The zero-order valence-corrected chi connectivity index (χ0v) is 11.2. The van der Waals surface area contributed by atoms with E-state index in [1.165, 1.54) is 19.3 Å². The van der Waals surface area contributed by atoms with Crippen LogP contribution in [-0.2, 0) is 4.74 Å². The first kappa shape index (κ1) is 14.5. The van der Waals surface area contributed by atoms with E-state index < -0.39 is 0 Å². The fraction of sp³-hybridized carbons (Fsp3) is 0.857. The van der Waals surface area contributed by atoms with Gasteiger partial charge in [0.25, 0.3) is 0 Å². The number of ether oxygens (including phenoxy) is 1. The van der Waals surface area contributed by atoms with Crippen LogP contribution in [0.2, 0.25) is 0 Å². The fourth-order valence-corrected chi connectivity index (χ4v) is 2.23. The van der Waals surface area contributed by atoms with Crippen LogP contribution in [-0.4, -0.2) is 49.8 Å². The van der Waals surface area contributed by atoms with Gasteiger partial charge in [-0.2, -0.15) is 0 Å². The molecule has 1 aliphatic rings. The molecule has 1 aliphatic heterocycles. The SMILES string of the molecule is C#CCN(CC)CC1CCC(CNCCC)O1. The molecule has 0 spiro atoms. The lowest BCUT2D eigenvalue weighted by Crippen LogP contribution is -2.34. The molecule has 1 fully saturated rings. The van der Waals surface area contributed by atoms with Gasteiger partial charge in [0, 0.05) is 13.1 Å². The van der Waals surface area contributed by atoms with E-state index in [0.29, 0.717) is 12.2 Å². The molecule has 0 radical (unpaired) electrons. The zero-order valence-electron chi connectivity index (χ0n) is 11.2. The maximum absolute atomic E-state index is 6.01. The van der Waals surface area contributed by atoms with Gasteiger partial charge in [0.2, 0.25) is 0 Å². The molecular formula is C14H26N2O. The third-order valence-electron chi connectivity index (χ3n) is 3.22. The second kappa shape index (κ2) is 8.52. The van der Waals surface area contributed by atoms with Crippen molar-refractivity contribution in [2.24, 2.45) is 0 Å². The third kappa shape index (κ3) is 5.54. The summed E-state index contributed by atoms with van der Waals surface area (Å²) in [6, 6.07) is 0. The number of rotatable bonds is 8. The van der Waals surface area contributed by atoms with Gasteiger partial charge in [-0.05, 0) is 32.4 Å². The van der Waals surface area contributed by atoms with Gasteiger partial charge in [-0.15, -0.1) is 6.42 Å². The second-order valence-electron chi connectivity index (χ2n) is 4.69. The molecule has 0 aromatic carbocycles. The molecule has 3 nitrogen and oxygen atoms in total. The number of hydrogen-bond donors (Lipinski definition) is 1. The average Bonchev–Trinajstić information content (AvgIpc) is 2.77. The van der Waals surface area contributed by atoms with Crippen molar-refractivity contribution in [2.45, 2.75) is 45.3 Å². The predicted octanol–water partition coefficient (Wildman–Crippen LogP) is 1.49. The van der Waals surface area contributed by atoms with Crippen molar-refractivity contribution < 1.29 is 4.74 Å². The summed E-state index contributed by atoms with van der Waals surface area (Å²) in [5.74, 6) is 2.70. The summed E-state index contributed by atoms with van der Waals surface area (Å²) in [4.78, 5) is 2.27. The molecule has 0 saturated carbocycles. The largest absolute Gasteiger partial charge is 0.372 e. The maximum atomic E-state index is 6.01. The van der Waals surface area contributed by atoms with Crippen molar-refractivity contribution in [3.05, 3.63) is 0 Å². The molecule has 0 amide bonds. The highest BCUT2D eigenvalue weighted by molar-refractivity contribution is 4.89. The Hall–Kier alpha value is -0.560. The van der Waals surface area contributed by atoms with Crippen molar-refractivity contribution in [3.8, 4) is 12.3 Å². The maximum Gasteiger partial charge on any atom is 0.0707 e. The van der Waals surface area contributed by atoms with Crippen molar-refractivity contribution in [2.75, 3.05) is 32.7 Å². The Kier molecular flexibility index (Phi) is 7.27. The van der Waals surface area contributed by atoms with Crippen LogP contribution in [0.3, 0.4) is 0 Å². The number of hydrogen-bond acceptors (Lipinski definition) is 3. The highest BCUT2D eigenvalue weighted by Gasteiger charge is 2.25. The van der Waals surface area contributed by atoms with Gasteiger partial charge in [-0.25, -0.2) is 0 Å². The summed E-state index contributed by atoms with van der Waals surface area (Å²) < 4.78 is 6.01. The minimum absolute atomic E-state index is 0.372. The van der Waals surface area contributed by atoms with E-state index >= 15 is 0 Å². The molecule has 1 heterocycles. The predicted molar refractivity (Wildman–Crippen MR) is 72.0 cm³/mol. The van der Waals surface area contributed by atoms with E-state index in [1.807, 2.05) is 0 Å². The van der Waals surface area contributed by atoms with Gasteiger partial charge >= 0.3 is 0 Å². The van der Waals surface area contributed by atoms with E-state index in [-0.39, 0.29) is 0 Å². The summed E-state index contributed by atoms with van der Waals surface area (Å²) in [7, 11) is 0. The quantitative estimate of drug-likeness (QED) is 0.512. The standard InChI is InChI=1S/C14H26N2O/c1-4-9-15-11-13-7-8-14(17-13)12-16(6-3)10-5-2/h2,13-15H,4,6-12H2,1,3H3. The first-order valence-corrected chi connectivity index (χ1v) is 6.82.